The maximum absolute atomic E-state index is 12.2. The van der Waals surface area contributed by atoms with Gasteiger partial charge in [0.05, 0.1) is 4.99 Å². The number of aromatic amines is 1. The number of nitrogens with two attached hydrogens (primary N) is 1. The minimum absolute atomic E-state index is 0.0770. The first-order valence-corrected chi connectivity index (χ1v) is 6.26. The molecule has 0 bridgehead atoms. The SMILES string of the molecule is NC(=S)C1CCCN(C(=O)c2cccc(=O)[nH]2)C1. The van der Waals surface area contributed by atoms with Crippen molar-refractivity contribution in [3.8, 4) is 0 Å². The van der Waals surface area contributed by atoms with Gasteiger partial charge in [0.25, 0.3) is 5.91 Å². The molecule has 1 unspecified atom stereocenters. The third-order valence-corrected chi connectivity index (χ3v) is 3.44. The van der Waals surface area contributed by atoms with E-state index in [0.29, 0.717) is 23.8 Å². The molecule has 1 aliphatic rings. The highest BCUT2D eigenvalue weighted by Gasteiger charge is 2.26. The Balaban J connectivity index is 2.14. The summed E-state index contributed by atoms with van der Waals surface area (Å²) in [6, 6.07) is 4.56. The van der Waals surface area contributed by atoms with Gasteiger partial charge in [0.1, 0.15) is 5.69 Å². The lowest BCUT2D eigenvalue weighted by atomic mass is 9.98. The summed E-state index contributed by atoms with van der Waals surface area (Å²) < 4.78 is 0. The van der Waals surface area contributed by atoms with Gasteiger partial charge in [0.2, 0.25) is 5.56 Å². The number of thiocarbonyl (C=S) groups is 1. The van der Waals surface area contributed by atoms with Crippen molar-refractivity contribution >= 4 is 23.1 Å². The lowest BCUT2D eigenvalue weighted by Crippen LogP contribution is -2.44. The maximum Gasteiger partial charge on any atom is 0.270 e. The lowest BCUT2D eigenvalue weighted by Gasteiger charge is -2.32. The molecule has 18 heavy (non-hydrogen) atoms. The second-order valence-electron chi connectivity index (χ2n) is 4.42. The van der Waals surface area contributed by atoms with E-state index in [4.69, 9.17) is 18.0 Å². The van der Waals surface area contributed by atoms with E-state index >= 15 is 0 Å². The molecule has 2 rings (SSSR count). The fourth-order valence-corrected chi connectivity index (χ4v) is 2.33. The number of carbonyl (C=O) groups excluding carboxylic acids is 1. The van der Waals surface area contributed by atoms with Crippen LogP contribution in [0.25, 0.3) is 0 Å². The molecule has 0 radical (unpaired) electrons. The van der Waals surface area contributed by atoms with E-state index in [1.807, 2.05) is 0 Å². The van der Waals surface area contributed by atoms with E-state index in [-0.39, 0.29) is 17.4 Å². The average Bonchev–Trinajstić information content (AvgIpc) is 2.38. The molecule has 0 saturated carbocycles. The molecule has 2 heterocycles. The van der Waals surface area contributed by atoms with Gasteiger partial charge in [0, 0.05) is 25.1 Å². The Labute approximate surface area is 110 Å². The predicted octanol–water partition coefficient (Wildman–Crippen LogP) is 0.513. The van der Waals surface area contributed by atoms with Crippen LogP contribution in [0.2, 0.25) is 0 Å². The van der Waals surface area contributed by atoms with Crippen molar-refractivity contribution in [2.24, 2.45) is 11.7 Å². The first kappa shape index (κ1) is 12.8. The van der Waals surface area contributed by atoms with Crippen LogP contribution in [-0.4, -0.2) is 33.9 Å². The Hall–Kier alpha value is -1.69. The highest BCUT2D eigenvalue weighted by molar-refractivity contribution is 7.80. The number of aromatic nitrogens is 1. The number of H-pyrrole nitrogens is 1. The molecule has 96 valence electrons. The van der Waals surface area contributed by atoms with Crippen molar-refractivity contribution in [1.29, 1.82) is 0 Å². The van der Waals surface area contributed by atoms with Crippen molar-refractivity contribution in [2.75, 3.05) is 13.1 Å². The van der Waals surface area contributed by atoms with Crippen LogP contribution in [0.5, 0.6) is 0 Å². The number of amides is 1. The quantitative estimate of drug-likeness (QED) is 0.764. The summed E-state index contributed by atoms with van der Waals surface area (Å²) in [5.74, 6) is -0.0956. The Kier molecular flexibility index (Phi) is 3.76. The molecule has 0 spiro atoms. The number of piperidine rings is 1. The molecule has 1 aliphatic heterocycles. The Morgan fingerprint density at radius 1 is 1.50 bits per heavy atom. The molecule has 3 N–H and O–H groups in total. The molecule has 1 atom stereocenters. The van der Waals surface area contributed by atoms with Gasteiger partial charge in [-0.05, 0) is 18.9 Å². The number of pyridine rings is 1. The molecule has 6 heteroatoms. The summed E-state index contributed by atoms with van der Waals surface area (Å²) in [6.45, 7) is 1.21. The first-order chi connectivity index (χ1) is 8.58. The van der Waals surface area contributed by atoms with Gasteiger partial charge in [-0.15, -0.1) is 0 Å². The molecule has 5 nitrogen and oxygen atoms in total. The molecular weight excluding hydrogens is 250 g/mol. The van der Waals surface area contributed by atoms with Crippen LogP contribution in [0.15, 0.2) is 23.0 Å². The number of rotatable bonds is 2. The third-order valence-electron chi connectivity index (χ3n) is 3.11. The van der Waals surface area contributed by atoms with Crippen LogP contribution in [0.4, 0.5) is 0 Å². The van der Waals surface area contributed by atoms with Gasteiger partial charge in [-0.1, -0.05) is 18.3 Å². The van der Waals surface area contributed by atoms with Crippen molar-refractivity contribution in [1.82, 2.24) is 9.88 Å². The molecular formula is C12H15N3O2S. The maximum atomic E-state index is 12.2. The number of carbonyl (C=O) groups is 1. The molecule has 1 aromatic heterocycles. The highest BCUT2D eigenvalue weighted by atomic mass is 32.1. The zero-order chi connectivity index (χ0) is 13.1. The molecule has 1 saturated heterocycles. The van der Waals surface area contributed by atoms with Gasteiger partial charge in [-0.25, -0.2) is 0 Å². The van der Waals surface area contributed by atoms with E-state index < -0.39 is 0 Å². The van der Waals surface area contributed by atoms with E-state index in [9.17, 15) is 9.59 Å². The summed E-state index contributed by atoms with van der Waals surface area (Å²) in [7, 11) is 0. The van der Waals surface area contributed by atoms with Crippen LogP contribution in [0.3, 0.4) is 0 Å². The largest absolute Gasteiger partial charge is 0.393 e. The number of nitrogens with zero attached hydrogens (tertiary/aromatic N) is 1. The number of likely N-dealkylation sites (tertiary alicyclic amines) is 1. The van der Waals surface area contributed by atoms with E-state index in [1.165, 1.54) is 6.07 Å². The smallest absolute Gasteiger partial charge is 0.270 e. The average molecular weight is 265 g/mol. The summed E-state index contributed by atoms with van der Waals surface area (Å²) in [6.07, 6.45) is 1.80. The van der Waals surface area contributed by atoms with Gasteiger partial charge in [0.15, 0.2) is 0 Å². The monoisotopic (exact) mass is 265 g/mol. The fraction of sp³-hybridized carbons (Fsp3) is 0.417. The van der Waals surface area contributed by atoms with Crippen LogP contribution in [-0.2, 0) is 0 Å². The second-order valence-corrected chi connectivity index (χ2v) is 4.89. The summed E-state index contributed by atoms with van der Waals surface area (Å²) in [4.78, 5) is 28.1. The summed E-state index contributed by atoms with van der Waals surface area (Å²) >= 11 is 4.97. The van der Waals surface area contributed by atoms with Gasteiger partial charge < -0.3 is 15.6 Å². The molecule has 0 aliphatic carbocycles. The van der Waals surface area contributed by atoms with Crippen LogP contribution in [0.1, 0.15) is 23.3 Å². The topological polar surface area (TPSA) is 79.2 Å². The first-order valence-electron chi connectivity index (χ1n) is 5.86. The van der Waals surface area contributed by atoms with Crippen molar-refractivity contribution < 1.29 is 4.79 Å². The predicted molar refractivity (Wildman–Crippen MR) is 72.5 cm³/mol. The normalized spacial score (nSPS) is 19.6. The number of hydrogen-bond acceptors (Lipinski definition) is 3. The van der Waals surface area contributed by atoms with E-state index in [0.717, 1.165) is 12.8 Å². The van der Waals surface area contributed by atoms with Crippen molar-refractivity contribution in [3.05, 3.63) is 34.2 Å². The zero-order valence-electron chi connectivity index (χ0n) is 9.89. The number of hydrogen-bond donors (Lipinski definition) is 2. The van der Waals surface area contributed by atoms with Crippen LogP contribution < -0.4 is 11.3 Å². The highest BCUT2D eigenvalue weighted by Crippen LogP contribution is 2.18. The lowest BCUT2D eigenvalue weighted by molar-refractivity contribution is 0.0697. The second kappa shape index (κ2) is 5.30. The van der Waals surface area contributed by atoms with E-state index in [2.05, 4.69) is 4.98 Å². The Bertz CT molecular complexity index is 526. The Morgan fingerprint density at radius 2 is 2.28 bits per heavy atom. The van der Waals surface area contributed by atoms with Gasteiger partial charge in [-0.2, -0.15) is 0 Å². The van der Waals surface area contributed by atoms with Gasteiger partial charge in [-0.3, -0.25) is 9.59 Å². The standard InChI is InChI=1S/C12H15N3O2S/c13-11(18)8-3-2-6-15(7-8)12(17)9-4-1-5-10(16)14-9/h1,4-5,8H,2-3,6-7H2,(H2,13,18)(H,14,16). The summed E-state index contributed by atoms with van der Waals surface area (Å²) in [5.41, 5.74) is 5.66. The Morgan fingerprint density at radius 3 is 2.94 bits per heavy atom. The van der Waals surface area contributed by atoms with Gasteiger partial charge >= 0.3 is 0 Å². The summed E-state index contributed by atoms with van der Waals surface area (Å²) in [5, 5.41) is 0. The van der Waals surface area contributed by atoms with Crippen LogP contribution in [0, 0.1) is 5.92 Å². The molecule has 1 amide bonds. The number of nitrogens with one attached hydrogen (secondary N) is 1. The van der Waals surface area contributed by atoms with Crippen molar-refractivity contribution in [3.63, 3.8) is 0 Å². The molecule has 1 aromatic rings. The molecule has 0 aromatic carbocycles. The zero-order valence-corrected chi connectivity index (χ0v) is 10.7. The van der Waals surface area contributed by atoms with Crippen molar-refractivity contribution in [2.45, 2.75) is 12.8 Å². The molecule has 1 fully saturated rings. The third kappa shape index (κ3) is 2.76. The van der Waals surface area contributed by atoms with E-state index in [1.54, 1.807) is 17.0 Å². The minimum atomic E-state index is -0.274. The minimum Gasteiger partial charge on any atom is -0.393 e. The fourth-order valence-electron chi connectivity index (χ4n) is 2.14. The van der Waals surface area contributed by atoms with Crippen LogP contribution >= 0.6 is 12.2 Å².